The highest BCUT2D eigenvalue weighted by Crippen LogP contribution is 2.41. The van der Waals surface area contributed by atoms with Crippen LogP contribution in [0.4, 0.5) is 0 Å². The first-order valence-corrected chi connectivity index (χ1v) is 10.4. The number of benzene rings is 2. The molecule has 1 amide bonds. The van der Waals surface area contributed by atoms with Crippen molar-refractivity contribution in [1.82, 2.24) is 9.80 Å². The summed E-state index contributed by atoms with van der Waals surface area (Å²) in [4.78, 5) is 17.1. The number of carbonyl (C=O) groups is 1. The van der Waals surface area contributed by atoms with Crippen molar-refractivity contribution in [3.05, 3.63) is 59.2 Å². The van der Waals surface area contributed by atoms with Gasteiger partial charge < -0.3 is 14.4 Å². The van der Waals surface area contributed by atoms with Gasteiger partial charge in [0.15, 0.2) is 11.5 Å². The topological polar surface area (TPSA) is 42.0 Å². The van der Waals surface area contributed by atoms with E-state index in [2.05, 4.69) is 41.3 Å². The Kier molecular flexibility index (Phi) is 5.76. The van der Waals surface area contributed by atoms with Gasteiger partial charge in [0, 0.05) is 20.1 Å². The molecule has 0 spiro atoms. The van der Waals surface area contributed by atoms with E-state index in [0.29, 0.717) is 12.5 Å². The lowest BCUT2D eigenvalue weighted by Crippen LogP contribution is -2.44. The largest absolute Gasteiger partial charge is 0.493 e. The summed E-state index contributed by atoms with van der Waals surface area (Å²) in [7, 11) is 5.27. The van der Waals surface area contributed by atoms with E-state index >= 15 is 0 Å². The van der Waals surface area contributed by atoms with E-state index in [0.717, 1.165) is 31.0 Å². The molecule has 1 aliphatic carbocycles. The van der Waals surface area contributed by atoms with Crippen LogP contribution in [0.2, 0.25) is 0 Å². The van der Waals surface area contributed by atoms with Crippen LogP contribution in [-0.4, -0.2) is 56.6 Å². The maximum atomic E-state index is 12.9. The van der Waals surface area contributed by atoms with E-state index < -0.39 is 0 Å². The molecule has 0 N–H and O–H groups in total. The molecule has 1 saturated carbocycles. The summed E-state index contributed by atoms with van der Waals surface area (Å²) in [5.41, 5.74) is 3.64. The fourth-order valence-corrected chi connectivity index (χ4v) is 4.28. The predicted octanol–water partition coefficient (Wildman–Crippen LogP) is 3.52. The molecule has 2 aromatic carbocycles. The fourth-order valence-electron chi connectivity index (χ4n) is 4.28. The van der Waals surface area contributed by atoms with E-state index in [9.17, 15) is 4.79 Å². The number of rotatable bonds is 7. The monoisotopic (exact) mass is 394 g/mol. The quantitative estimate of drug-likeness (QED) is 0.721. The highest BCUT2D eigenvalue weighted by Gasteiger charge is 2.33. The van der Waals surface area contributed by atoms with Gasteiger partial charge in [0.1, 0.15) is 0 Å². The minimum absolute atomic E-state index is 0.0260. The van der Waals surface area contributed by atoms with E-state index in [-0.39, 0.29) is 11.9 Å². The lowest BCUT2D eigenvalue weighted by Gasteiger charge is -2.38. The standard InChI is InChI=1S/C24H30N2O3/c1-25(15-17-9-10-17)23(27)16-26-12-11-19-13-21(28-2)22(29-3)14-20(19)24(26)18-7-5-4-6-8-18/h4-8,13-14,17,24H,9-12,15-16H2,1-3H3. The Hall–Kier alpha value is -2.53. The molecule has 5 heteroatoms. The Bertz CT molecular complexity index is 864. The minimum Gasteiger partial charge on any atom is -0.493 e. The first-order valence-electron chi connectivity index (χ1n) is 10.4. The van der Waals surface area contributed by atoms with Gasteiger partial charge in [0.05, 0.1) is 26.8 Å². The Morgan fingerprint density at radius 2 is 1.79 bits per heavy atom. The maximum absolute atomic E-state index is 12.9. The first kappa shape index (κ1) is 19.8. The number of hydrogen-bond donors (Lipinski definition) is 0. The van der Waals surface area contributed by atoms with Crippen molar-refractivity contribution in [1.29, 1.82) is 0 Å². The van der Waals surface area contributed by atoms with Gasteiger partial charge in [-0.2, -0.15) is 0 Å². The molecule has 5 nitrogen and oxygen atoms in total. The molecule has 2 aliphatic rings. The molecular formula is C24H30N2O3. The van der Waals surface area contributed by atoms with Crippen LogP contribution < -0.4 is 9.47 Å². The number of methoxy groups -OCH3 is 2. The molecular weight excluding hydrogens is 364 g/mol. The molecule has 0 saturated heterocycles. The minimum atomic E-state index is 0.0260. The second-order valence-corrected chi connectivity index (χ2v) is 8.16. The van der Waals surface area contributed by atoms with Crippen LogP contribution in [0, 0.1) is 5.92 Å². The Morgan fingerprint density at radius 1 is 1.10 bits per heavy atom. The number of nitrogens with zero attached hydrogens (tertiary/aromatic N) is 2. The molecule has 154 valence electrons. The zero-order chi connectivity index (χ0) is 20.4. The third kappa shape index (κ3) is 4.25. The number of likely N-dealkylation sites (N-methyl/N-ethyl adjacent to an activating group) is 1. The summed E-state index contributed by atoms with van der Waals surface area (Å²) in [6, 6.07) is 14.6. The maximum Gasteiger partial charge on any atom is 0.236 e. The molecule has 29 heavy (non-hydrogen) atoms. The van der Waals surface area contributed by atoms with Crippen molar-refractivity contribution in [2.45, 2.75) is 25.3 Å². The average molecular weight is 395 g/mol. The highest BCUT2D eigenvalue weighted by atomic mass is 16.5. The van der Waals surface area contributed by atoms with Crippen LogP contribution in [0.15, 0.2) is 42.5 Å². The molecule has 4 rings (SSSR count). The van der Waals surface area contributed by atoms with Gasteiger partial charge in [-0.25, -0.2) is 0 Å². The van der Waals surface area contributed by atoms with Crippen LogP contribution in [0.3, 0.4) is 0 Å². The van der Waals surface area contributed by atoms with Crippen molar-refractivity contribution in [3.63, 3.8) is 0 Å². The molecule has 1 unspecified atom stereocenters. The molecule has 2 aromatic rings. The third-order valence-corrected chi connectivity index (χ3v) is 6.08. The van der Waals surface area contributed by atoms with Gasteiger partial charge in [-0.15, -0.1) is 0 Å². The fraction of sp³-hybridized carbons (Fsp3) is 0.458. The molecule has 1 heterocycles. The van der Waals surface area contributed by atoms with Crippen LogP contribution in [-0.2, 0) is 11.2 Å². The molecule has 0 bridgehead atoms. The van der Waals surface area contributed by atoms with Crippen molar-refractivity contribution in [3.8, 4) is 11.5 Å². The number of amides is 1. The van der Waals surface area contributed by atoms with Crippen molar-refractivity contribution in [2.75, 3.05) is 40.9 Å². The van der Waals surface area contributed by atoms with Gasteiger partial charge in [-0.1, -0.05) is 30.3 Å². The summed E-state index contributed by atoms with van der Waals surface area (Å²) >= 11 is 0. The van der Waals surface area contributed by atoms with Crippen LogP contribution in [0.1, 0.15) is 35.6 Å². The summed E-state index contributed by atoms with van der Waals surface area (Å²) in [5, 5.41) is 0. The Labute approximate surface area is 173 Å². The van der Waals surface area contributed by atoms with Crippen molar-refractivity contribution in [2.24, 2.45) is 5.92 Å². The number of fused-ring (bicyclic) bond motifs is 1. The third-order valence-electron chi connectivity index (χ3n) is 6.08. The Morgan fingerprint density at radius 3 is 2.45 bits per heavy atom. The summed E-state index contributed by atoms with van der Waals surface area (Å²) in [5.74, 6) is 2.38. The number of ether oxygens (including phenoxy) is 2. The van der Waals surface area contributed by atoms with Gasteiger partial charge in [0.25, 0.3) is 0 Å². The van der Waals surface area contributed by atoms with E-state index in [4.69, 9.17) is 9.47 Å². The lowest BCUT2D eigenvalue weighted by molar-refractivity contribution is -0.131. The van der Waals surface area contributed by atoms with Crippen LogP contribution >= 0.6 is 0 Å². The van der Waals surface area contributed by atoms with Gasteiger partial charge in [0.2, 0.25) is 5.91 Å². The summed E-state index contributed by atoms with van der Waals surface area (Å²) in [6.07, 6.45) is 3.39. The normalized spacial score (nSPS) is 18.8. The van der Waals surface area contributed by atoms with Gasteiger partial charge in [-0.3, -0.25) is 9.69 Å². The highest BCUT2D eigenvalue weighted by molar-refractivity contribution is 5.78. The van der Waals surface area contributed by atoms with Gasteiger partial charge >= 0.3 is 0 Å². The van der Waals surface area contributed by atoms with Crippen molar-refractivity contribution < 1.29 is 14.3 Å². The van der Waals surface area contributed by atoms with E-state index in [1.165, 1.54) is 29.5 Å². The summed E-state index contributed by atoms with van der Waals surface area (Å²) < 4.78 is 11.1. The van der Waals surface area contributed by atoms with E-state index in [1.54, 1.807) is 14.2 Å². The van der Waals surface area contributed by atoms with E-state index in [1.807, 2.05) is 18.0 Å². The molecule has 0 radical (unpaired) electrons. The van der Waals surface area contributed by atoms with Gasteiger partial charge in [-0.05, 0) is 54.0 Å². The number of hydrogen-bond acceptors (Lipinski definition) is 4. The molecule has 1 fully saturated rings. The zero-order valence-corrected chi connectivity index (χ0v) is 17.6. The number of carbonyl (C=O) groups excluding carboxylic acids is 1. The van der Waals surface area contributed by atoms with Crippen LogP contribution in [0.5, 0.6) is 11.5 Å². The first-order chi connectivity index (χ1) is 14.1. The predicted molar refractivity (Wildman–Crippen MR) is 113 cm³/mol. The van der Waals surface area contributed by atoms with Crippen LogP contribution in [0.25, 0.3) is 0 Å². The van der Waals surface area contributed by atoms with Crippen molar-refractivity contribution >= 4 is 5.91 Å². The summed E-state index contributed by atoms with van der Waals surface area (Å²) in [6.45, 7) is 2.14. The Balaban J connectivity index is 1.66. The molecule has 1 atom stereocenters. The zero-order valence-electron chi connectivity index (χ0n) is 17.6. The SMILES string of the molecule is COc1cc2c(cc1OC)C(c1ccccc1)N(CC(=O)N(C)CC1CC1)CC2. The average Bonchev–Trinajstić information content (AvgIpc) is 3.57. The smallest absolute Gasteiger partial charge is 0.236 e. The molecule has 1 aliphatic heterocycles. The second-order valence-electron chi connectivity index (χ2n) is 8.16. The molecule has 0 aromatic heterocycles. The lowest BCUT2D eigenvalue weighted by atomic mass is 9.87. The second kappa shape index (κ2) is 8.46.